The highest BCUT2D eigenvalue weighted by molar-refractivity contribution is 7.17. The molecule has 45 heavy (non-hydrogen) atoms. The average molecular weight is 651 g/mol. The maximum Gasteiger partial charge on any atom is 0.418 e. The second-order valence-electron chi connectivity index (χ2n) is 10.4. The highest BCUT2D eigenvalue weighted by Gasteiger charge is 2.35. The lowest BCUT2D eigenvalue weighted by molar-refractivity contribution is -0.138. The molecule has 1 saturated heterocycles. The van der Waals surface area contributed by atoms with Crippen molar-refractivity contribution in [3.63, 3.8) is 0 Å². The number of thiazole rings is 1. The van der Waals surface area contributed by atoms with Crippen molar-refractivity contribution in [1.82, 2.24) is 24.8 Å². The van der Waals surface area contributed by atoms with Crippen LogP contribution in [0.1, 0.15) is 32.2 Å². The lowest BCUT2D eigenvalue weighted by Gasteiger charge is -2.33. The van der Waals surface area contributed by atoms with Gasteiger partial charge in [0.1, 0.15) is 22.3 Å². The number of aromatic nitrogens is 3. The molecule has 2 aromatic heterocycles. The van der Waals surface area contributed by atoms with Crippen LogP contribution in [0.4, 0.5) is 54.5 Å². The van der Waals surface area contributed by atoms with Gasteiger partial charge in [-0.2, -0.15) is 26.3 Å². The second kappa shape index (κ2) is 13.0. The number of hydrogen-bond donors (Lipinski definition) is 3. The first-order valence-corrected chi connectivity index (χ1v) is 14.5. The van der Waals surface area contributed by atoms with Gasteiger partial charge in [0.25, 0.3) is 5.91 Å². The minimum atomic E-state index is -4.65. The highest BCUT2D eigenvalue weighted by Crippen LogP contribution is 2.36. The van der Waals surface area contributed by atoms with Crippen LogP contribution in [0.2, 0.25) is 0 Å². The van der Waals surface area contributed by atoms with Crippen molar-refractivity contribution in [2.45, 2.75) is 25.8 Å². The first-order valence-electron chi connectivity index (χ1n) is 13.7. The van der Waals surface area contributed by atoms with E-state index in [1.165, 1.54) is 30.5 Å². The SMILES string of the molecule is Cc1nc(Nc2ccc(CN3CCN(C)CC3)c(C(F)(F)F)c2)cc(Nc2ncc(C(=O)Nc3ccccc3C(F)(F)F)s2)n1. The fourth-order valence-corrected chi connectivity index (χ4v) is 5.43. The molecule has 1 aliphatic rings. The van der Waals surface area contributed by atoms with E-state index in [0.717, 1.165) is 42.6 Å². The predicted octanol–water partition coefficient (Wildman–Crippen LogP) is 6.77. The molecule has 0 radical (unpaired) electrons. The van der Waals surface area contributed by atoms with Gasteiger partial charge in [0.15, 0.2) is 5.13 Å². The summed E-state index contributed by atoms with van der Waals surface area (Å²) in [5.74, 6) is -0.0433. The molecule has 9 nitrogen and oxygen atoms in total. The molecule has 2 aromatic carbocycles. The minimum Gasteiger partial charge on any atom is -0.340 e. The number of para-hydroxylation sites is 1. The Hall–Kier alpha value is -4.28. The maximum absolute atomic E-state index is 14.0. The van der Waals surface area contributed by atoms with Crippen LogP contribution >= 0.6 is 11.3 Å². The number of likely N-dealkylation sites (N-methyl/N-ethyl adjacent to an activating group) is 1. The molecule has 1 amide bonds. The molecule has 5 rings (SSSR count). The van der Waals surface area contributed by atoms with Crippen LogP contribution < -0.4 is 16.0 Å². The quantitative estimate of drug-likeness (QED) is 0.180. The fourth-order valence-electron chi connectivity index (χ4n) is 4.72. The summed E-state index contributed by atoms with van der Waals surface area (Å²) in [6, 6.07) is 10.2. The minimum absolute atomic E-state index is 0.0370. The Bertz CT molecular complexity index is 1670. The molecule has 3 N–H and O–H groups in total. The third kappa shape index (κ3) is 8.26. The Morgan fingerprint density at radius 2 is 1.56 bits per heavy atom. The summed E-state index contributed by atoms with van der Waals surface area (Å²) in [6.07, 6.45) is -8.01. The van der Waals surface area contributed by atoms with Gasteiger partial charge in [-0.3, -0.25) is 9.69 Å². The molecule has 4 aromatic rings. The number of carbonyl (C=O) groups is 1. The third-order valence-electron chi connectivity index (χ3n) is 6.96. The van der Waals surface area contributed by atoms with Crippen LogP contribution in [-0.2, 0) is 18.9 Å². The molecule has 3 heterocycles. The van der Waals surface area contributed by atoms with Gasteiger partial charge in [-0.1, -0.05) is 29.5 Å². The van der Waals surface area contributed by atoms with Crippen LogP contribution in [0, 0.1) is 6.92 Å². The van der Waals surface area contributed by atoms with Gasteiger partial charge < -0.3 is 20.9 Å². The van der Waals surface area contributed by atoms with Gasteiger partial charge in [0.05, 0.1) is 23.0 Å². The van der Waals surface area contributed by atoms with Crippen molar-refractivity contribution < 1.29 is 31.1 Å². The zero-order valence-electron chi connectivity index (χ0n) is 24.1. The normalized spacial score (nSPS) is 14.8. The van der Waals surface area contributed by atoms with Gasteiger partial charge in [-0.15, -0.1) is 0 Å². The summed E-state index contributed by atoms with van der Waals surface area (Å²) in [5, 5.41) is 8.28. The van der Waals surface area contributed by atoms with Crippen LogP contribution in [0.3, 0.4) is 0 Å². The Labute approximate surface area is 258 Å². The predicted molar refractivity (Wildman–Crippen MR) is 159 cm³/mol. The summed E-state index contributed by atoms with van der Waals surface area (Å²) in [6.45, 7) is 4.72. The number of hydrogen-bond acceptors (Lipinski definition) is 9. The van der Waals surface area contributed by atoms with Crippen molar-refractivity contribution in [2.75, 3.05) is 49.2 Å². The molecule has 0 atom stereocenters. The summed E-state index contributed by atoms with van der Waals surface area (Å²) < 4.78 is 82.0. The zero-order chi connectivity index (χ0) is 32.4. The summed E-state index contributed by atoms with van der Waals surface area (Å²) in [7, 11) is 1.98. The number of amides is 1. The van der Waals surface area contributed by atoms with Crippen LogP contribution in [0.25, 0.3) is 0 Å². The van der Waals surface area contributed by atoms with Crippen molar-refractivity contribution in [3.05, 3.63) is 82.1 Å². The second-order valence-corrected chi connectivity index (χ2v) is 11.4. The molecule has 0 saturated carbocycles. The number of halogens is 6. The molecular weight excluding hydrogens is 622 g/mol. The molecule has 0 spiro atoms. The van der Waals surface area contributed by atoms with Gasteiger partial charge in [-0.25, -0.2) is 15.0 Å². The molecule has 238 valence electrons. The summed E-state index contributed by atoms with van der Waals surface area (Å²) >= 11 is 0.877. The highest BCUT2D eigenvalue weighted by atomic mass is 32.1. The smallest absolute Gasteiger partial charge is 0.340 e. The first-order chi connectivity index (χ1) is 21.2. The monoisotopic (exact) mass is 650 g/mol. The van der Waals surface area contributed by atoms with E-state index in [9.17, 15) is 31.1 Å². The number of aryl methyl sites for hydroxylation is 1. The standard InChI is InChI=1S/C29H28F6N8OS/c1-17-37-24(39-19-8-7-18(21(13-19)29(33,34)35)16-43-11-9-42(2)10-12-43)14-25(38-17)41-27-36-15-23(45-27)26(44)40-22-6-4-3-5-20(22)28(30,31)32/h3-8,13-15H,9-12,16H2,1-2H3,(H,40,44)(H2,36,37,38,39,41). The Kier molecular flexibility index (Phi) is 9.27. The first kappa shape index (κ1) is 32.1. The van der Waals surface area contributed by atoms with Gasteiger partial charge in [0, 0.05) is 44.5 Å². The largest absolute Gasteiger partial charge is 0.418 e. The number of rotatable bonds is 8. The van der Waals surface area contributed by atoms with Gasteiger partial charge in [-0.05, 0) is 43.8 Å². The number of benzene rings is 2. The molecular formula is C29H28F6N8OS. The maximum atomic E-state index is 14.0. The number of nitrogens with one attached hydrogen (secondary N) is 3. The molecule has 0 bridgehead atoms. The zero-order valence-corrected chi connectivity index (χ0v) is 24.9. The molecule has 0 unspecified atom stereocenters. The van der Waals surface area contributed by atoms with E-state index in [2.05, 4.69) is 35.8 Å². The molecule has 16 heteroatoms. The summed E-state index contributed by atoms with van der Waals surface area (Å²) in [5.41, 5.74) is -1.74. The van der Waals surface area contributed by atoms with E-state index in [1.54, 1.807) is 13.0 Å². The number of alkyl halides is 6. The summed E-state index contributed by atoms with van der Waals surface area (Å²) in [4.78, 5) is 29.5. The van der Waals surface area contributed by atoms with Crippen molar-refractivity contribution in [1.29, 1.82) is 0 Å². The lowest BCUT2D eigenvalue weighted by Crippen LogP contribution is -2.44. The molecule has 1 fully saturated rings. The molecule has 1 aliphatic heterocycles. The average Bonchev–Trinajstić information content (AvgIpc) is 3.42. The van der Waals surface area contributed by atoms with Crippen molar-refractivity contribution in [2.24, 2.45) is 0 Å². The Morgan fingerprint density at radius 3 is 2.24 bits per heavy atom. The fraction of sp³-hybridized carbons (Fsp3) is 0.310. The lowest BCUT2D eigenvalue weighted by atomic mass is 10.0. The van der Waals surface area contributed by atoms with Crippen molar-refractivity contribution in [3.8, 4) is 0 Å². The van der Waals surface area contributed by atoms with E-state index in [4.69, 9.17) is 0 Å². The number of carbonyl (C=O) groups excluding carboxylic acids is 1. The van der Waals surface area contributed by atoms with Crippen LogP contribution in [0.15, 0.2) is 54.7 Å². The molecule has 0 aliphatic carbocycles. The van der Waals surface area contributed by atoms with E-state index in [-0.39, 0.29) is 45.1 Å². The number of piperazine rings is 1. The van der Waals surface area contributed by atoms with E-state index < -0.39 is 29.4 Å². The topological polar surface area (TPSA) is 98.3 Å². The van der Waals surface area contributed by atoms with Gasteiger partial charge in [0.2, 0.25) is 0 Å². The number of anilines is 5. The third-order valence-corrected chi connectivity index (χ3v) is 7.87. The van der Waals surface area contributed by atoms with Crippen LogP contribution in [0.5, 0.6) is 0 Å². The Balaban J connectivity index is 1.29. The van der Waals surface area contributed by atoms with Crippen LogP contribution in [-0.4, -0.2) is 63.9 Å². The van der Waals surface area contributed by atoms with E-state index >= 15 is 0 Å². The Morgan fingerprint density at radius 1 is 0.889 bits per heavy atom. The number of nitrogens with zero attached hydrogens (tertiary/aromatic N) is 5. The van der Waals surface area contributed by atoms with E-state index in [0.29, 0.717) is 18.9 Å². The van der Waals surface area contributed by atoms with Crippen molar-refractivity contribution >= 4 is 45.4 Å². The van der Waals surface area contributed by atoms with Gasteiger partial charge >= 0.3 is 12.4 Å². The van der Waals surface area contributed by atoms with E-state index in [1.807, 2.05) is 11.9 Å².